The van der Waals surface area contributed by atoms with Gasteiger partial charge < -0.3 is 19.1 Å². The number of nitrogens with zero attached hydrogens (tertiary/aromatic N) is 1. The number of benzene rings is 3. The Balaban J connectivity index is 1.37. The maximum absolute atomic E-state index is 6.10. The molecule has 0 unspecified atom stereocenters. The summed E-state index contributed by atoms with van der Waals surface area (Å²) in [6.45, 7) is 2.49. The Hall–Kier alpha value is -2.76. The van der Waals surface area contributed by atoms with Gasteiger partial charge in [0.25, 0.3) is 0 Å². The normalized spacial score (nSPS) is 12.8. The Morgan fingerprint density at radius 1 is 0.903 bits per heavy atom. The predicted octanol–water partition coefficient (Wildman–Crippen LogP) is 5.54. The highest BCUT2D eigenvalue weighted by Gasteiger charge is 2.20. The smallest absolute Gasteiger partial charge is 0.161 e. The molecule has 0 spiro atoms. The van der Waals surface area contributed by atoms with Gasteiger partial charge in [0.2, 0.25) is 0 Å². The highest BCUT2D eigenvalue weighted by atomic mass is 35.5. The molecule has 0 radical (unpaired) electrons. The lowest BCUT2D eigenvalue weighted by Crippen LogP contribution is -2.35. The van der Waals surface area contributed by atoms with Crippen LogP contribution in [-0.2, 0) is 13.0 Å². The zero-order chi connectivity index (χ0) is 21.6. The molecule has 6 heteroatoms. The lowest BCUT2D eigenvalue weighted by atomic mass is 9.99. The van der Waals surface area contributed by atoms with Gasteiger partial charge in [0, 0.05) is 18.7 Å². The van der Waals surface area contributed by atoms with E-state index < -0.39 is 0 Å². The number of thiocarbonyl (C=S) groups is 1. The molecule has 1 aliphatic rings. The molecule has 1 heterocycles. The van der Waals surface area contributed by atoms with Crippen LogP contribution in [0.25, 0.3) is 0 Å². The Morgan fingerprint density at radius 3 is 2.39 bits per heavy atom. The molecule has 4 rings (SSSR count). The van der Waals surface area contributed by atoms with E-state index >= 15 is 0 Å². The van der Waals surface area contributed by atoms with Crippen molar-refractivity contribution in [2.24, 2.45) is 0 Å². The SMILES string of the molecule is COc1cc(C(=S)N2CCc3ccccc3C2)ccc1OCCOc1ccccc1Cl. The molecule has 4 nitrogen and oxygen atoms in total. The van der Waals surface area contributed by atoms with Gasteiger partial charge in [0.15, 0.2) is 11.5 Å². The van der Waals surface area contributed by atoms with Gasteiger partial charge in [-0.2, -0.15) is 0 Å². The third-order valence-corrected chi connectivity index (χ3v) is 6.07. The van der Waals surface area contributed by atoms with E-state index in [2.05, 4.69) is 29.2 Å². The second-order valence-corrected chi connectivity index (χ2v) is 8.03. The van der Waals surface area contributed by atoms with E-state index in [1.54, 1.807) is 13.2 Å². The molecule has 3 aromatic carbocycles. The Bertz CT molecular complexity index is 1070. The first-order chi connectivity index (χ1) is 15.2. The molecule has 0 saturated carbocycles. The highest BCUT2D eigenvalue weighted by Crippen LogP contribution is 2.30. The largest absolute Gasteiger partial charge is 0.493 e. The molecule has 0 amide bonds. The first-order valence-electron chi connectivity index (χ1n) is 10.2. The molecule has 0 N–H and O–H groups in total. The lowest BCUT2D eigenvalue weighted by molar-refractivity contribution is 0.211. The van der Waals surface area contributed by atoms with Crippen LogP contribution in [-0.4, -0.2) is 36.8 Å². The summed E-state index contributed by atoms with van der Waals surface area (Å²) in [5.41, 5.74) is 3.69. The van der Waals surface area contributed by atoms with Gasteiger partial charge in [-0.1, -0.05) is 60.2 Å². The number of hydrogen-bond acceptors (Lipinski definition) is 4. The Kier molecular flexibility index (Phi) is 6.95. The number of hydrogen-bond donors (Lipinski definition) is 0. The van der Waals surface area contributed by atoms with Crippen LogP contribution in [0.3, 0.4) is 0 Å². The molecule has 0 aliphatic carbocycles. The summed E-state index contributed by atoms with van der Waals surface area (Å²) >= 11 is 11.9. The van der Waals surface area contributed by atoms with Crippen molar-refractivity contribution in [3.8, 4) is 17.2 Å². The molecule has 0 atom stereocenters. The third kappa shape index (κ3) is 5.12. The second kappa shape index (κ2) is 10.0. The van der Waals surface area contributed by atoms with Crippen LogP contribution in [0.2, 0.25) is 5.02 Å². The Morgan fingerprint density at radius 2 is 1.61 bits per heavy atom. The van der Waals surface area contributed by atoms with Crippen molar-refractivity contribution >= 4 is 28.8 Å². The summed E-state index contributed by atoms with van der Waals surface area (Å²) in [5, 5.41) is 0.582. The molecule has 0 saturated heterocycles. The predicted molar refractivity (Wildman–Crippen MR) is 128 cm³/mol. The van der Waals surface area contributed by atoms with Gasteiger partial charge in [-0.15, -0.1) is 0 Å². The van der Waals surface area contributed by atoms with Crippen LogP contribution in [0, 0.1) is 0 Å². The Labute approximate surface area is 193 Å². The lowest BCUT2D eigenvalue weighted by Gasteiger charge is -2.31. The summed E-state index contributed by atoms with van der Waals surface area (Å²) in [6.07, 6.45) is 1.00. The first-order valence-corrected chi connectivity index (χ1v) is 11.0. The van der Waals surface area contributed by atoms with Gasteiger partial charge in [-0.3, -0.25) is 0 Å². The van der Waals surface area contributed by atoms with Crippen molar-refractivity contribution in [1.29, 1.82) is 0 Å². The van der Waals surface area contributed by atoms with E-state index in [1.807, 2.05) is 36.4 Å². The van der Waals surface area contributed by atoms with Crippen LogP contribution in [0.4, 0.5) is 0 Å². The van der Waals surface area contributed by atoms with Gasteiger partial charge in [0.1, 0.15) is 24.0 Å². The van der Waals surface area contributed by atoms with E-state index in [1.165, 1.54) is 11.1 Å². The molecule has 1 aliphatic heterocycles. The minimum atomic E-state index is 0.369. The van der Waals surface area contributed by atoms with Crippen LogP contribution < -0.4 is 14.2 Å². The number of rotatable bonds is 7. The maximum atomic E-state index is 6.10. The van der Waals surface area contributed by atoms with E-state index in [0.717, 1.165) is 30.1 Å². The zero-order valence-electron chi connectivity index (χ0n) is 17.3. The number of para-hydroxylation sites is 1. The minimum absolute atomic E-state index is 0.369. The van der Waals surface area contributed by atoms with Gasteiger partial charge >= 0.3 is 0 Å². The van der Waals surface area contributed by atoms with Crippen LogP contribution in [0.1, 0.15) is 16.7 Å². The summed E-state index contributed by atoms with van der Waals surface area (Å²) in [5.74, 6) is 1.94. The summed E-state index contributed by atoms with van der Waals surface area (Å²) in [4.78, 5) is 3.06. The van der Waals surface area contributed by atoms with Crippen LogP contribution in [0.5, 0.6) is 17.2 Å². The molecule has 3 aromatic rings. The third-order valence-electron chi connectivity index (χ3n) is 5.26. The molecule has 0 aromatic heterocycles. The molecule has 0 fully saturated rings. The first kappa shape index (κ1) is 21.5. The van der Waals surface area contributed by atoms with Gasteiger partial charge in [-0.05, 0) is 47.9 Å². The van der Waals surface area contributed by atoms with Crippen LogP contribution >= 0.6 is 23.8 Å². The van der Waals surface area contributed by atoms with Crippen molar-refractivity contribution in [2.75, 3.05) is 26.9 Å². The molecular weight excluding hydrogens is 430 g/mol. The topological polar surface area (TPSA) is 30.9 Å². The number of fused-ring (bicyclic) bond motifs is 1. The van der Waals surface area contributed by atoms with Crippen molar-refractivity contribution in [3.05, 3.63) is 88.4 Å². The second-order valence-electron chi connectivity index (χ2n) is 7.24. The minimum Gasteiger partial charge on any atom is -0.493 e. The van der Waals surface area contributed by atoms with E-state index in [-0.39, 0.29) is 0 Å². The standard InChI is InChI=1S/C25H24ClNO3S/c1-28-24-16-19(25(31)27-13-12-18-6-2-3-7-20(18)17-27)10-11-23(24)30-15-14-29-22-9-5-4-8-21(22)26/h2-11,16H,12-15,17H2,1H3. The zero-order valence-corrected chi connectivity index (χ0v) is 18.9. The fraction of sp³-hybridized carbons (Fsp3) is 0.240. The van der Waals surface area contributed by atoms with Crippen LogP contribution in [0.15, 0.2) is 66.7 Å². The molecular formula is C25H24ClNO3S. The van der Waals surface area contributed by atoms with Crippen molar-refractivity contribution in [3.63, 3.8) is 0 Å². The maximum Gasteiger partial charge on any atom is 0.161 e. The molecule has 160 valence electrons. The average Bonchev–Trinajstić information content (AvgIpc) is 2.82. The molecule has 0 bridgehead atoms. The van der Waals surface area contributed by atoms with Crippen molar-refractivity contribution in [1.82, 2.24) is 4.90 Å². The number of methoxy groups -OCH3 is 1. The quantitative estimate of drug-likeness (QED) is 0.346. The monoisotopic (exact) mass is 453 g/mol. The van der Waals surface area contributed by atoms with Gasteiger partial charge in [-0.25, -0.2) is 0 Å². The summed E-state index contributed by atoms with van der Waals surface area (Å²) in [6, 6.07) is 21.7. The highest BCUT2D eigenvalue weighted by molar-refractivity contribution is 7.80. The summed E-state index contributed by atoms with van der Waals surface area (Å²) < 4.78 is 17.1. The van der Waals surface area contributed by atoms with Crippen molar-refractivity contribution in [2.45, 2.75) is 13.0 Å². The van der Waals surface area contributed by atoms with E-state index in [4.69, 9.17) is 38.0 Å². The number of halogens is 1. The van der Waals surface area contributed by atoms with Gasteiger partial charge in [0.05, 0.1) is 12.1 Å². The fourth-order valence-electron chi connectivity index (χ4n) is 3.64. The van der Waals surface area contributed by atoms with E-state index in [9.17, 15) is 0 Å². The van der Waals surface area contributed by atoms with Crippen molar-refractivity contribution < 1.29 is 14.2 Å². The molecule has 31 heavy (non-hydrogen) atoms. The number of ether oxygens (including phenoxy) is 3. The van der Waals surface area contributed by atoms with E-state index in [0.29, 0.717) is 35.5 Å². The fourth-order valence-corrected chi connectivity index (χ4v) is 4.11. The average molecular weight is 454 g/mol. The summed E-state index contributed by atoms with van der Waals surface area (Å²) in [7, 11) is 1.63.